The second-order valence-electron chi connectivity index (χ2n) is 6.51. The van der Waals surface area contributed by atoms with Crippen LogP contribution in [0, 0.1) is 11.8 Å². The van der Waals surface area contributed by atoms with Gasteiger partial charge in [0.1, 0.15) is 0 Å². The minimum atomic E-state index is 0.374. The lowest BCUT2D eigenvalue weighted by Crippen LogP contribution is -2.49. The van der Waals surface area contributed by atoms with Crippen molar-refractivity contribution >= 4 is 5.91 Å². The van der Waals surface area contributed by atoms with Gasteiger partial charge in [-0.25, -0.2) is 0 Å². The summed E-state index contributed by atoms with van der Waals surface area (Å²) in [5.74, 6) is 1.58. The molecule has 2 saturated heterocycles. The van der Waals surface area contributed by atoms with Crippen molar-refractivity contribution in [1.82, 2.24) is 15.1 Å². The maximum atomic E-state index is 12.4. The highest BCUT2D eigenvalue weighted by Gasteiger charge is 2.26. The van der Waals surface area contributed by atoms with E-state index in [0.29, 0.717) is 17.7 Å². The Kier molecular flexibility index (Phi) is 6.30. The van der Waals surface area contributed by atoms with Crippen LogP contribution in [0.3, 0.4) is 0 Å². The van der Waals surface area contributed by atoms with E-state index in [-0.39, 0.29) is 0 Å². The molecule has 2 aliphatic rings. The lowest BCUT2D eigenvalue weighted by molar-refractivity contribution is -0.134. The molecule has 0 saturated carbocycles. The van der Waals surface area contributed by atoms with Crippen LogP contribution in [0.4, 0.5) is 0 Å². The zero-order valence-corrected chi connectivity index (χ0v) is 13.2. The van der Waals surface area contributed by atoms with Crippen molar-refractivity contribution in [3.63, 3.8) is 0 Å². The van der Waals surface area contributed by atoms with E-state index in [9.17, 15) is 4.79 Å². The second kappa shape index (κ2) is 7.99. The second-order valence-corrected chi connectivity index (χ2v) is 6.51. The molecule has 1 N–H and O–H groups in total. The van der Waals surface area contributed by atoms with Crippen LogP contribution in [-0.4, -0.2) is 61.5 Å². The summed E-state index contributed by atoms with van der Waals surface area (Å²) in [6.45, 7) is 11.8. The molecule has 0 bridgehead atoms. The summed E-state index contributed by atoms with van der Waals surface area (Å²) in [6.07, 6.45) is 4.49. The minimum Gasteiger partial charge on any atom is -0.340 e. The van der Waals surface area contributed by atoms with Gasteiger partial charge in [0.05, 0.1) is 0 Å². The molecule has 2 atom stereocenters. The molecular formula is C16H31N3O. The molecule has 0 radical (unpaired) electrons. The Hall–Kier alpha value is -0.610. The van der Waals surface area contributed by atoms with Crippen LogP contribution >= 0.6 is 0 Å². The number of hydrogen-bond donors (Lipinski definition) is 1. The third-order valence-electron chi connectivity index (χ3n) is 4.90. The van der Waals surface area contributed by atoms with E-state index < -0.39 is 0 Å². The molecule has 4 heteroatoms. The fourth-order valence-electron chi connectivity index (χ4n) is 3.47. The number of nitrogens with zero attached hydrogens (tertiary/aromatic N) is 2. The largest absolute Gasteiger partial charge is 0.340 e. The van der Waals surface area contributed by atoms with Crippen LogP contribution in [0.15, 0.2) is 0 Å². The average molecular weight is 281 g/mol. The van der Waals surface area contributed by atoms with Gasteiger partial charge in [0, 0.05) is 32.6 Å². The molecule has 2 unspecified atom stereocenters. The van der Waals surface area contributed by atoms with E-state index in [1.54, 1.807) is 0 Å². The van der Waals surface area contributed by atoms with Gasteiger partial charge in [-0.3, -0.25) is 9.69 Å². The molecule has 4 nitrogen and oxygen atoms in total. The zero-order chi connectivity index (χ0) is 14.4. The standard InChI is InChI=1S/C16H31N3O/c1-3-7-18-8-10-19(11-9-18)16(20)12-14(2)15-5-4-6-17-13-15/h14-15,17H,3-13H2,1-2H3. The van der Waals surface area contributed by atoms with Crippen LogP contribution in [0.1, 0.15) is 39.5 Å². The molecule has 0 aliphatic carbocycles. The molecule has 2 aliphatic heterocycles. The summed E-state index contributed by atoms with van der Waals surface area (Å²) in [7, 11) is 0. The number of rotatable bonds is 5. The summed E-state index contributed by atoms with van der Waals surface area (Å²) in [6, 6.07) is 0. The minimum absolute atomic E-state index is 0.374. The SMILES string of the molecule is CCCN1CCN(C(=O)CC(C)C2CCCNC2)CC1. The predicted octanol–water partition coefficient (Wildman–Crippen LogP) is 1.57. The summed E-state index contributed by atoms with van der Waals surface area (Å²) in [5, 5.41) is 3.46. The van der Waals surface area contributed by atoms with Crippen LogP contribution in [-0.2, 0) is 4.79 Å². The van der Waals surface area contributed by atoms with E-state index >= 15 is 0 Å². The van der Waals surface area contributed by atoms with Crippen molar-refractivity contribution in [2.45, 2.75) is 39.5 Å². The van der Waals surface area contributed by atoms with Crippen LogP contribution in [0.2, 0.25) is 0 Å². The molecule has 0 aromatic rings. The monoisotopic (exact) mass is 281 g/mol. The maximum absolute atomic E-state index is 12.4. The molecular weight excluding hydrogens is 250 g/mol. The third kappa shape index (κ3) is 4.45. The van der Waals surface area contributed by atoms with Crippen LogP contribution < -0.4 is 5.32 Å². The number of nitrogens with one attached hydrogen (secondary N) is 1. The van der Waals surface area contributed by atoms with Gasteiger partial charge in [0.15, 0.2) is 0 Å². The van der Waals surface area contributed by atoms with Crippen molar-refractivity contribution < 1.29 is 4.79 Å². The van der Waals surface area contributed by atoms with Crippen molar-refractivity contribution in [1.29, 1.82) is 0 Å². The highest BCUT2D eigenvalue weighted by atomic mass is 16.2. The van der Waals surface area contributed by atoms with Gasteiger partial charge in [0.25, 0.3) is 0 Å². The smallest absolute Gasteiger partial charge is 0.222 e. The first-order chi connectivity index (χ1) is 9.70. The molecule has 20 heavy (non-hydrogen) atoms. The van der Waals surface area contributed by atoms with Crippen molar-refractivity contribution in [2.75, 3.05) is 45.8 Å². The zero-order valence-electron chi connectivity index (χ0n) is 13.2. The Balaban J connectivity index is 1.71. The van der Waals surface area contributed by atoms with Crippen molar-refractivity contribution in [2.24, 2.45) is 11.8 Å². The Bertz CT molecular complexity index is 294. The quantitative estimate of drug-likeness (QED) is 0.831. The molecule has 2 heterocycles. The highest BCUT2D eigenvalue weighted by molar-refractivity contribution is 5.76. The molecule has 1 amide bonds. The average Bonchev–Trinajstić information content (AvgIpc) is 2.49. The predicted molar refractivity (Wildman–Crippen MR) is 82.7 cm³/mol. The van der Waals surface area contributed by atoms with Crippen LogP contribution in [0.5, 0.6) is 0 Å². The van der Waals surface area contributed by atoms with E-state index in [2.05, 4.69) is 29.0 Å². The van der Waals surface area contributed by atoms with Gasteiger partial charge in [-0.05, 0) is 50.7 Å². The fraction of sp³-hybridized carbons (Fsp3) is 0.938. The van der Waals surface area contributed by atoms with Crippen LogP contribution in [0.25, 0.3) is 0 Å². The number of carbonyl (C=O) groups excluding carboxylic acids is 1. The Morgan fingerprint density at radius 3 is 2.65 bits per heavy atom. The van der Waals surface area contributed by atoms with E-state index in [4.69, 9.17) is 0 Å². The van der Waals surface area contributed by atoms with Gasteiger partial charge >= 0.3 is 0 Å². The van der Waals surface area contributed by atoms with E-state index in [1.165, 1.54) is 25.8 Å². The summed E-state index contributed by atoms with van der Waals surface area (Å²) in [4.78, 5) is 17.0. The first kappa shape index (κ1) is 15.8. The number of amides is 1. The maximum Gasteiger partial charge on any atom is 0.222 e. The van der Waals surface area contributed by atoms with Gasteiger partial charge in [0.2, 0.25) is 5.91 Å². The van der Waals surface area contributed by atoms with Gasteiger partial charge in [-0.2, -0.15) is 0 Å². The first-order valence-corrected chi connectivity index (χ1v) is 8.41. The lowest BCUT2D eigenvalue weighted by Gasteiger charge is -2.36. The molecule has 0 spiro atoms. The number of piperazine rings is 1. The molecule has 2 fully saturated rings. The number of carbonyl (C=O) groups is 1. The van der Waals surface area contributed by atoms with Gasteiger partial charge in [-0.15, -0.1) is 0 Å². The first-order valence-electron chi connectivity index (χ1n) is 8.41. The molecule has 0 aromatic carbocycles. The summed E-state index contributed by atoms with van der Waals surface area (Å²) in [5.41, 5.74) is 0. The Morgan fingerprint density at radius 1 is 1.30 bits per heavy atom. The van der Waals surface area contributed by atoms with E-state index in [0.717, 1.165) is 45.7 Å². The topological polar surface area (TPSA) is 35.6 Å². The Labute approximate surface area is 123 Å². The van der Waals surface area contributed by atoms with Gasteiger partial charge in [-0.1, -0.05) is 13.8 Å². The Morgan fingerprint density at radius 2 is 2.05 bits per heavy atom. The summed E-state index contributed by atoms with van der Waals surface area (Å²) < 4.78 is 0. The molecule has 116 valence electrons. The molecule has 0 aromatic heterocycles. The third-order valence-corrected chi connectivity index (χ3v) is 4.90. The lowest BCUT2D eigenvalue weighted by atomic mass is 9.85. The van der Waals surface area contributed by atoms with Gasteiger partial charge < -0.3 is 10.2 Å². The normalized spacial score (nSPS) is 26.5. The van der Waals surface area contributed by atoms with Crippen molar-refractivity contribution in [3.05, 3.63) is 0 Å². The highest BCUT2D eigenvalue weighted by Crippen LogP contribution is 2.23. The fourth-order valence-corrected chi connectivity index (χ4v) is 3.47. The molecule has 2 rings (SSSR count). The van der Waals surface area contributed by atoms with Crippen molar-refractivity contribution in [3.8, 4) is 0 Å². The number of hydrogen-bond acceptors (Lipinski definition) is 3. The summed E-state index contributed by atoms with van der Waals surface area (Å²) >= 11 is 0. The number of piperidine rings is 1. The van der Waals surface area contributed by atoms with E-state index in [1.807, 2.05) is 0 Å².